The zero-order valence-electron chi connectivity index (χ0n) is 14.3. The molecule has 1 atom stereocenters. The molecule has 128 valence electrons. The quantitative estimate of drug-likeness (QED) is 0.875. The molecule has 1 fully saturated rings. The predicted octanol–water partition coefficient (Wildman–Crippen LogP) is 2.67. The first-order valence-corrected chi connectivity index (χ1v) is 8.28. The second-order valence-electron chi connectivity index (χ2n) is 7.08. The SMILES string of the molecule is CC(C)(C)OC(=O)N1CCCC1CNCc1ccc(CO)cc1. The molecular weight excluding hydrogens is 292 g/mol. The summed E-state index contributed by atoms with van der Waals surface area (Å²) in [7, 11) is 0. The maximum Gasteiger partial charge on any atom is 0.410 e. The van der Waals surface area contributed by atoms with Crippen molar-refractivity contribution in [3.8, 4) is 0 Å². The fourth-order valence-corrected chi connectivity index (χ4v) is 2.75. The lowest BCUT2D eigenvalue weighted by molar-refractivity contribution is 0.0226. The lowest BCUT2D eigenvalue weighted by Gasteiger charge is -2.28. The molecule has 5 heteroatoms. The van der Waals surface area contributed by atoms with Gasteiger partial charge in [-0.1, -0.05) is 24.3 Å². The zero-order chi connectivity index (χ0) is 16.9. The van der Waals surface area contributed by atoms with E-state index in [0.717, 1.165) is 38.0 Å². The Morgan fingerprint density at radius 1 is 1.30 bits per heavy atom. The largest absolute Gasteiger partial charge is 0.444 e. The average Bonchev–Trinajstić information content (AvgIpc) is 2.95. The molecule has 1 saturated heterocycles. The summed E-state index contributed by atoms with van der Waals surface area (Å²) in [6.45, 7) is 8.04. The average molecular weight is 320 g/mol. The Balaban J connectivity index is 1.80. The first-order chi connectivity index (χ1) is 10.9. The molecule has 5 nitrogen and oxygen atoms in total. The van der Waals surface area contributed by atoms with Gasteiger partial charge in [-0.15, -0.1) is 0 Å². The minimum atomic E-state index is -0.452. The number of carbonyl (C=O) groups excluding carboxylic acids is 1. The summed E-state index contributed by atoms with van der Waals surface area (Å²) in [5, 5.41) is 12.5. The molecule has 0 aromatic heterocycles. The molecule has 1 amide bonds. The number of hydrogen-bond acceptors (Lipinski definition) is 4. The van der Waals surface area contributed by atoms with Crippen molar-refractivity contribution < 1.29 is 14.6 Å². The first kappa shape index (κ1) is 17.8. The van der Waals surface area contributed by atoms with E-state index >= 15 is 0 Å². The van der Waals surface area contributed by atoms with E-state index in [1.54, 1.807) is 0 Å². The first-order valence-electron chi connectivity index (χ1n) is 8.28. The van der Waals surface area contributed by atoms with E-state index in [9.17, 15) is 4.79 Å². The van der Waals surface area contributed by atoms with Gasteiger partial charge >= 0.3 is 6.09 Å². The molecule has 1 aromatic carbocycles. The van der Waals surface area contributed by atoms with Gasteiger partial charge in [0.25, 0.3) is 0 Å². The van der Waals surface area contributed by atoms with Crippen molar-refractivity contribution >= 4 is 6.09 Å². The molecule has 23 heavy (non-hydrogen) atoms. The summed E-state index contributed by atoms with van der Waals surface area (Å²) in [4.78, 5) is 14.1. The van der Waals surface area contributed by atoms with Gasteiger partial charge in [-0.2, -0.15) is 0 Å². The fourth-order valence-electron chi connectivity index (χ4n) is 2.75. The highest BCUT2D eigenvalue weighted by Crippen LogP contribution is 2.20. The predicted molar refractivity (Wildman–Crippen MR) is 90.0 cm³/mol. The van der Waals surface area contributed by atoms with Crippen LogP contribution in [0.5, 0.6) is 0 Å². The topological polar surface area (TPSA) is 61.8 Å². The number of rotatable bonds is 5. The van der Waals surface area contributed by atoms with Gasteiger partial charge in [0, 0.05) is 25.7 Å². The maximum absolute atomic E-state index is 12.2. The number of carbonyl (C=O) groups is 1. The maximum atomic E-state index is 12.2. The third-order valence-electron chi connectivity index (χ3n) is 3.92. The Hall–Kier alpha value is -1.59. The third-order valence-corrected chi connectivity index (χ3v) is 3.92. The van der Waals surface area contributed by atoms with Gasteiger partial charge in [0.1, 0.15) is 5.60 Å². The molecule has 0 radical (unpaired) electrons. The zero-order valence-corrected chi connectivity index (χ0v) is 14.3. The van der Waals surface area contributed by atoms with E-state index in [1.165, 1.54) is 5.56 Å². The fraction of sp³-hybridized carbons (Fsp3) is 0.611. The van der Waals surface area contributed by atoms with Gasteiger partial charge in [-0.25, -0.2) is 4.79 Å². The molecule has 0 aliphatic carbocycles. The van der Waals surface area contributed by atoms with E-state index in [0.29, 0.717) is 0 Å². The summed E-state index contributed by atoms with van der Waals surface area (Å²) in [6, 6.07) is 8.08. The van der Waals surface area contributed by atoms with Crippen LogP contribution >= 0.6 is 0 Å². The van der Waals surface area contributed by atoms with Crippen LogP contribution in [0, 0.1) is 0 Å². The second kappa shape index (κ2) is 7.79. The standard InChI is InChI=1S/C18H28N2O3/c1-18(2,3)23-17(22)20-10-4-5-16(20)12-19-11-14-6-8-15(13-21)9-7-14/h6-9,16,19,21H,4-5,10-13H2,1-3H3. The smallest absolute Gasteiger partial charge is 0.410 e. The molecule has 1 heterocycles. The van der Waals surface area contributed by atoms with Crippen LogP contribution in [-0.4, -0.2) is 40.8 Å². The Kier molecular flexibility index (Phi) is 6.02. The van der Waals surface area contributed by atoms with E-state index < -0.39 is 5.60 Å². The molecule has 1 aliphatic rings. The number of nitrogens with zero attached hydrogens (tertiary/aromatic N) is 1. The van der Waals surface area contributed by atoms with Gasteiger partial charge in [-0.3, -0.25) is 0 Å². The van der Waals surface area contributed by atoms with Gasteiger partial charge in [-0.05, 0) is 44.7 Å². The second-order valence-corrected chi connectivity index (χ2v) is 7.08. The van der Waals surface area contributed by atoms with Crippen molar-refractivity contribution in [3.63, 3.8) is 0 Å². The Morgan fingerprint density at radius 3 is 2.57 bits per heavy atom. The van der Waals surface area contributed by atoms with Crippen molar-refractivity contribution in [2.45, 2.75) is 58.4 Å². The van der Waals surface area contributed by atoms with E-state index in [1.807, 2.05) is 49.9 Å². The Labute approximate surface area is 138 Å². The van der Waals surface area contributed by atoms with E-state index in [4.69, 9.17) is 9.84 Å². The monoisotopic (exact) mass is 320 g/mol. The van der Waals surface area contributed by atoms with Crippen LogP contribution in [0.1, 0.15) is 44.7 Å². The number of hydrogen-bond donors (Lipinski definition) is 2. The van der Waals surface area contributed by atoms with Crippen LogP contribution in [-0.2, 0) is 17.9 Å². The molecule has 1 aromatic rings. The summed E-state index contributed by atoms with van der Waals surface area (Å²) in [5.74, 6) is 0. The number of benzene rings is 1. The Morgan fingerprint density at radius 2 is 1.96 bits per heavy atom. The minimum Gasteiger partial charge on any atom is -0.444 e. The minimum absolute atomic E-state index is 0.0701. The molecule has 0 spiro atoms. The summed E-state index contributed by atoms with van der Waals surface area (Å²) < 4.78 is 5.48. The lowest BCUT2D eigenvalue weighted by atomic mass is 10.1. The normalized spacial score (nSPS) is 18.3. The highest BCUT2D eigenvalue weighted by atomic mass is 16.6. The highest BCUT2D eigenvalue weighted by molar-refractivity contribution is 5.69. The molecule has 0 bridgehead atoms. The molecule has 1 unspecified atom stereocenters. The number of likely N-dealkylation sites (tertiary alicyclic amines) is 1. The summed E-state index contributed by atoms with van der Waals surface area (Å²) >= 11 is 0. The molecule has 1 aliphatic heterocycles. The van der Waals surface area contributed by atoms with Crippen LogP contribution in [0.25, 0.3) is 0 Å². The molecular formula is C18H28N2O3. The Bertz CT molecular complexity index is 508. The summed E-state index contributed by atoms with van der Waals surface area (Å²) in [6.07, 6.45) is 1.82. The number of nitrogens with one attached hydrogen (secondary N) is 1. The van der Waals surface area contributed by atoms with Gasteiger partial charge in [0.05, 0.1) is 6.61 Å². The molecule has 2 rings (SSSR count). The van der Waals surface area contributed by atoms with Crippen molar-refractivity contribution in [1.82, 2.24) is 10.2 Å². The van der Waals surface area contributed by atoms with Crippen molar-refractivity contribution in [1.29, 1.82) is 0 Å². The lowest BCUT2D eigenvalue weighted by Crippen LogP contribution is -2.44. The van der Waals surface area contributed by atoms with Crippen molar-refractivity contribution in [3.05, 3.63) is 35.4 Å². The van der Waals surface area contributed by atoms with Crippen LogP contribution < -0.4 is 5.32 Å². The number of aliphatic hydroxyl groups is 1. The number of ether oxygens (including phenoxy) is 1. The van der Waals surface area contributed by atoms with Crippen LogP contribution in [0.4, 0.5) is 4.79 Å². The number of aliphatic hydroxyl groups excluding tert-OH is 1. The van der Waals surface area contributed by atoms with E-state index in [-0.39, 0.29) is 18.7 Å². The number of amides is 1. The van der Waals surface area contributed by atoms with Crippen molar-refractivity contribution in [2.75, 3.05) is 13.1 Å². The van der Waals surface area contributed by atoms with Gasteiger partial charge < -0.3 is 20.1 Å². The highest BCUT2D eigenvalue weighted by Gasteiger charge is 2.31. The molecule has 0 saturated carbocycles. The van der Waals surface area contributed by atoms with Crippen molar-refractivity contribution in [2.24, 2.45) is 0 Å². The molecule has 2 N–H and O–H groups in total. The summed E-state index contributed by atoms with van der Waals surface area (Å²) in [5.41, 5.74) is 1.64. The van der Waals surface area contributed by atoms with Gasteiger partial charge in [0.15, 0.2) is 0 Å². The van der Waals surface area contributed by atoms with Crippen LogP contribution in [0.3, 0.4) is 0 Å². The third kappa shape index (κ3) is 5.52. The van der Waals surface area contributed by atoms with Crippen LogP contribution in [0.2, 0.25) is 0 Å². The van der Waals surface area contributed by atoms with E-state index in [2.05, 4.69) is 5.32 Å². The van der Waals surface area contributed by atoms with Gasteiger partial charge in [0.2, 0.25) is 0 Å². The van der Waals surface area contributed by atoms with Crippen LogP contribution in [0.15, 0.2) is 24.3 Å².